The molecule has 2 rings (SSSR count). The van der Waals surface area contributed by atoms with Crippen molar-refractivity contribution in [1.82, 2.24) is 0 Å². The maximum atomic E-state index is 10.5. The maximum absolute atomic E-state index is 10.5. The van der Waals surface area contributed by atoms with Gasteiger partial charge in [-0.05, 0) is 24.1 Å². The van der Waals surface area contributed by atoms with Crippen LogP contribution < -0.4 is 0 Å². The van der Waals surface area contributed by atoms with Gasteiger partial charge in [0, 0.05) is 12.5 Å². The fourth-order valence-electron chi connectivity index (χ4n) is 2.16. The molecule has 0 amide bonds. The molecule has 1 atom stereocenters. The molecule has 0 aromatic heterocycles. The van der Waals surface area contributed by atoms with Crippen LogP contribution in [0, 0.1) is 6.92 Å². The first-order valence-corrected chi connectivity index (χ1v) is 7.73. The van der Waals surface area contributed by atoms with E-state index >= 15 is 0 Å². The van der Waals surface area contributed by atoms with E-state index in [-0.39, 0.29) is 17.9 Å². The smallest absolute Gasteiger partial charge is 0.300 e. The van der Waals surface area contributed by atoms with Gasteiger partial charge in [0.2, 0.25) is 0 Å². The molecule has 0 spiro atoms. The third-order valence-corrected chi connectivity index (χ3v) is 3.37. The van der Waals surface area contributed by atoms with E-state index in [1.807, 2.05) is 37.3 Å². The number of benzene rings is 2. The van der Waals surface area contributed by atoms with Crippen LogP contribution in [0.2, 0.25) is 0 Å². The summed E-state index contributed by atoms with van der Waals surface area (Å²) in [6.07, 6.45) is 0. The Bertz CT molecular complexity index is 667. The topological polar surface area (TPSA) is 107 Å². The molecule has 2 aromatic carbocycles. The number of aliphatic hydroxyl groups is 2. The molecule has 0 saturated carbocycles. The molecule has 2 aromatic rings. The Hall–Kier alpha value is -2.41. The molecule has 0 aliphatic rings. The lowest BCUT2D eigenvalue weighted by Gasteiger charge is -2.27. The minimum atomic E-state index is -1.62. The molecule has 0 heterocycles. The zero-order valence-electron chi connectivity index (χ0n) is 14.3. The summed E-state index contributed by atoms with van der Waals surface area (Å²) in [5, 5.41) is 37.4. The monoisotopic (exact) mass is 348 g/mol. The lowest BCUT2D eigenvalue weighted by atomic mass is 9.93. The molecular formula is C19H24O6. The van der Waals surface area contributed by atoms with Crippen molar-refractivity contribution in [3.8, 4) is 5.75 Å². The highest BCUT2D eigenvalue weighted by Gasteiger charge is 2.31. The Morgan fingerprint density at radius 1 is 1.16 bits per heavy atom. The van der Waals surface area contributed by atoms with Gasteiger partial charge in [-0.15, -0.1) is 0 Å². The van der Waals surface area contributed by atoms with Gasteiger partial charge in [-0.1, -0.05) is 42.5 Å². The first-order chi connectivity index (χ1) is 11.8. The van der Waals surface area contributed by atoms with E-state index in [1.54, 1.807) is 18.2 Å². The van der Waals surface area contributed by atoms with Gasteiger partial charge in [-0.3, -0.25) is 4.79 Å². The fraction of sp³-hybridized carbons (Fsp3) is 0.316. The number of carboxylic acid groups (broad SMARTS) is 1. The summed E-state index contributed by atoms with van der Waals surface area (Å²) < 4.78 is 5.49. The van der Waals surface area contributed by atoms with Crippen LogP contribution in [0.15, 0.2) is 48.5 Å². The van der Waals surface area contributed by atoms with E-state index < -0.39 is 18.2 Å². The second kappa shape index (κ2) is 9.78. The third-order valence-electron chi connectivity index (χ3n) is 3.37. The SMILES string of the molecule is CC(=O)O.Cc1ccc(C(O)(CO)COCc2ccccc2)c(O)c1. The molecule has 4 N–H and O–H groups in total. The highest BCUT2D eigenvalue weighted by Crippen LogP contribution is 2.30. The zero-order chi connectivity index (χ0) is 18.9. The zero-order valence-corrected chi connectivity index (χ0v) is 14.3. The van der Waals surface area contributed by atoms with Gasteiger partial charge in [-0.25, -0.2) is 0 Å². The number of phenols is 1. The van der Waals surface area contributed by atoms with Crippen molar-refractivity contribution in [3.63, 3.8) is 0 Å². The molecule has 0 saturated heterocycles. The van der Waals surface area contributed by atoms with E-state index in [0.717, 1.165) is 18.1 Å². The molecule has 0 aliphatic heterocycles. The number of aliphatic hydroxyl groups excluding tert-OH is 1. The van der Waals surface area contributed by atoms with Crippen molar-refractivity contribution in [2.75, 3.05) is 13.2 Å². The second-order valence-electron chi connectivity index (χ2n) is 5.71. The van der Waals surface area contributed by atoms with Gasteiger partial charge in [0.1, 0.15) is 11.4 Å². The van der Waals surface area contributed by atoms with Crippen molar-refractivity contribution in [3.05, 3.63) is 65.2 Å². The number of hydrogen-bond acceptors (Lipinski definition) is 5. The number of aromatic hydroxyl groups is 1. The van der Waals surface area contributed by atoms with E-state index in [0.29, 0.717) is 6.61 Å². The number of rotatable bonds is 6. The summed E-state index contributed by atoms with van der Waals surface area (Å²) >= 11 is 0. The quantitative estimate of drug-likeness (QED) is 0.637. The number of ether oxygens (including phenoxy) is 1. The summed E-state index contributed by atoms with van der Waals surface area (Å²) in [6.45, 7) is 2.62. The number of phenolic OH excluding ortho intramolecular Hbond substituents is 1. The predicted octanol–water partition coefficient (Wildman–Crippen LogP) is 2.19. The molecule has 6 nitrogen and oxygen atoms in total. The van der Waals surface area contributed by atoms with Gasteiger partial charge in [0.25, 0.3) is 5.97 Å². The van der Waals surface area contributed by atoms with Crippen molar-refractivity contribution in [2.24, 2.45) is 0 Å². The van der Waals surface area contributed by atoms with Gasteiger partial charge in [0.15, 0.2) is 0 Å². The number of aryl methyl sites for hydroxylation is 1. The van der Waals surface area contributed by atoms with Crippen LogP contribution in [-0.4, -0.2) is 39.6 Å². The Morgan fingerprint density at radius 2 is 1.76 bits per heavy atom. The van der Waals surface area contributed by atoms with Crippen LogP contribution in [0.25, 0.3) is 0 Å². The average Bonchev–Trinajstić information content (AvgIpc) is 2.55. The fourth-order valence-corrected chi connectivity index (χ4v) is 2.16. The molecule has 25 heavy (non-hydrogen) atoms. The molecule has 0 aliphatic carbocycles. The van der Waals surface area contributed by atoms with Crippen LogP contribution >= 0.6 is 0 Å². The van der Waals surface area contributed by atoms with Gasteiger partial charge >= 0.3 is 0 Å². The number of carboxylic acids is 1. The van der Waals surface area contributed by atoms with E-state index in [9.17, 15) is 15.3 Å². The lowest BCUT2D eigenvalue weighted by molar-refractivity contribution is -0.134. The van der Waals surface area contributed by atoms with Gasteiger partial charge in [0.05, 0.1) is 19.8 Å². The first kappa shape index (κ1) is 20.6. The Labute approximate surface area is 147 Å². The summed E-state index contributed by atoms with van der Waals surface area (Å²) in [5.74, 6) is -0.880. The minimum absolute atomic E-state index is 0.0464. The number of carbonyl (C=O) groups is 1. The molecule has 0 radical (unpaired) electrons. The van der Waals surface area contributed by atoms with Crippen LogP contribution in [0.4, 0.5) is 0 Å². The molecule has 0 fully saturated rings. The Balaban J connectivity index is 0.000000705. The Morgan fingerprint density at radius 3 is 2.28 bits per heavy atom. The average molecular weight is 348 g/mol. The van der Waals surface area contributed by atoms with Crippen molar-refractivity contribution < 1.29 is 30.0 Å². The van der Waals surface area contributed by atoms with Crippen LogP contribution in [-0.2, 0) is 21.7 Å². The van der Waals surface area contributed by atoms with E-state index in [1.165, 1.54) is 0 Å². The predicted molar refractivity (Wildman–Crippen MR) is 93.2 cm³/mol. The second-order valence-corrected chi connectivity index (χ2v) is 5.71. The van der Waals surface area contributed by atoms with Crippen LogP contribution in [0.5, 0.6) is 5.75 Å². The summed E-state index contributed by atoms with van der Waals surface area (Å²) in [6, 6.07) is 14.5. The first-order valence-electron chi connectivity index (χ1n) is 7.73. The standard InChI is InChI=1S/C17H20O4.C2H4O2/c1-13-7-8-15(16(19)9-13)17(20,11-18)12-21-10-14-5-3-2-4-6-14;1-2(3)4/h2-9,18-20H,10-12H2,1H3;1H3,(H,3,4). The van der Waals surface area contributed by atoms with E-state index in [2.05, 4.69) is 0 Å². The van der Waals surface area contributed by atoms with Crippen molar-refractivity contribution in [1.29, 1.82) is 0 Å². The number of aliphatic carboxylic acids is 1. The molecule has 1 unspecified atom stereocenters. The number of hydrogen-bond donors (Lipinski definition) is 4. The van der Waals surface area contributed by atoms with Crippen LogP contribution in [0.1, 0.15) is 23.6 Å². The van der Waals surface area contributed by atoms with Gasteiger partial charge in [-0.2, -0.15) is 0 Å². The normalized spacial score (nSPS) is 12.6. The lowest BCUT2D eigenvalue weighted by Crippen LogP contribution is -2.35. The Kier molecular flexibility index (Phi) is 8.07. The molecular weight excluding hydrogens is 324 g/mol. The largest absolute Gasteiger partial charge is 0.508 e. The highest BCUT2D eigenvalue weighted by atomic mass is 16.5. The van der Waals surface area contributed by atoms with Crippen molar-refractivity contribution >= 4 is 5.97 Å². The summed E-state index contributed by atoms with van der Waals surface area (Å²) in [4.78, 5) is 9.00. The minimum Gasteiger partial charge on any atom is -0.508 e. The summed E-state index contributed by atoms with van der Waals surface area (Å²) in [7, 11) is 0. The highest BCUT2D eigenvalue weighted by molar-refractivity contribution is 5.62. The summed E-state index contributed by atoms with van der Waals surface area (Å²) in [5.41, 5.74) is 0.503. The van der Waals surface area contributed by atoms with Gasteiger partial charge < -0.3 is 25.2 Å². The third kappa shape index (κ3) is 6.93. The molecule has 136 valence electrons. The molecule has 6 heteroatoms. The molecule has 0 bridgehead atoms. The van der Waals surface area contributed by atoms with Crippen LogP contribution in [0.3, 0.4) is 0 Å². The van der Waals surface area contributed by atoms with Crippen molar-refractivity contribution in [2.45, 2.75) is 26.1 Å². The van der Waals surface area contributed by atoms with E-state index in [4.69, 9.17) is 14.6 Å². The maximum Gasteiger partial charge on any atom is 0.300 e.